The third kappa shape index (κ3) is 3.20. The number of halogens is 2. The largest absolute Gasteiger partial charge is 0.497 e. The molecule has 3 nitrogen and oxygen atoms in total. The number of anilines is 1. The van der Waals surface area contributed by atoms with Crippen LogP contribution in [0.2, 0.25) is 5.15 Å². The lowest BCUT2D eigenvalue weighted by atomic mass is 10.1. The van der Waals surface area contributed by atoms with E-state index in [1.165, 1.54) is 13.2 Å². The first-order valence-corrected chi connectivity index (χ1v) is 6.61. The molecule has 1 atom stereocenters. The van der Waals surface area contributed by atoms with E-state index in [-0.39, 0.29) is 11.9 Å². The maximum atomic E-state index is 14.0. The first-order valence-electron chi connectivity index (χ1n) is 6.23. The molecule has 20 heavy (non-hydrogen) atoms. The van der Waals surface area contributed by atoms with Crippen LogP contribution in [0.1, 0.15) is 24.1 Å². The molecule has 0 saturated carbocycles. The second-order valence-corrected chi connectivity index (χ2v) is 4.94. The summed E-state index contributed by atoms with van der Waals surface area (Å²) in [6, 6.07) is 6.51. The third-order valence-corrected chi connectivity index (χ3v) is 3.47. The number of aromatic nitrogens is 1. The molecule has 2 aromatic rings. The molecule has 1 unspecified atom stereocenters. The van der Waals surface area contributed by atoms with Crippen molar-refractivity contribution in [1.29, 1.82) is 0 Å². The van der Waals surface area contributed by atoms with Crippen LogP contribution < -0.4 is 10.1 Å². The molecule has 0 aliphatic carbocycles. The molecule has 5 heteroatoms. The molecule has 1 N–H and O–H groups in total. The van der Waals surface area contributed by atoms with Gasteiger partial charge < -0.3 is 10.1 Å². The van der Waals surface area contributed by atoms with Crippen LogP contribution >= 0.6 is 11.6 Å². The maximum absolute atomic E-state index is 14.0. The van der Waals surface area contributed by atoms with E-state index in [1.807, 2.05) is 19.9 Å². The highest BCUT2D eigenvalue weighted by Gasteiger charge is 2.12. The maximum Gasteiger partial charge on any atom is 0.132 e. The van der Waals surface area contributed by atoms with Gasteiger partial charge in [0.15, 0.2) is 0 Å². The fourth-order valence-corrected chi connectivity index (χ4v) is 2.05. The van der Waals surface area contributed by atoms with Crippen LogP contribution in [-0.4, -0.2) is 12.1 Å². The first kappa shape index (κ1) is 14.6. The number of hydrogen-bond acceptors (Lipinski definition) is 3. The fraction of sp³-hybridized carbons (Fsp3) is 0.267. The zero-order chi connectivity index (χ0) is 14.7. The zero-order valence-corrected chi connectivity index (χ0v) is 12.3. The highest BCUT2D eigenvalue weighted by Crippen LogP contribution is 2.25. The number of nitrogens with one attached hydrogen (secondary N) is 1. The summed E-state index contributed by atoms with van der Waals surface area (Å²) in [7, 11) is 1.51. The predicted octanol–water partition coefficient (Wildman–Crippen LogP) is 4.36. The van der Waals surface area contributed by atoms with Crippen LogP contribution in [0.5, 0.6) is 5.75 Å². The summed E-state index contributed by atoms with van der Waals surface area (Å²) in [4.78, 5) is 4.06. The molecular weight excluding hydrogens is 279 g/mol. The van der Waals surface area contributed by atoms with Gasteiger partial charge in [-0.25, -0.2) is 9.37 Å². The van der Waals surface area contributed by atoms with Crippen LogP contribution in [0.25, 0.3) is 0 Å². The van der Waals surface area contributed by atoms with Crippen molar-refractivity contribution < 1.29 is 9.13 Å². The summed E-state index contributed by atoms with van der Waals surface area (Å²) in [6.07, 6.45) is 1.63. The Kier molecular flexibility index (Phi) is 4.45. The molecule has 0 saturated heterocycles. The number of rotatable bonds is 4. The number of ether oxygens (including phenoxy) is 1. The Balaban J connectivity index is 2.19. The SMILES string of the molecule is COc1ccc(C(C)Nc2cnc(Cl)c(C)c2)c(F)c1. The Morgan fingerprint density at radius 2 is 2.10 bits per heavy atom. The van der Waals surface area contributed by atoms with E-state index >= 15 is 0 Å². The minimum absolute atomic E-state index is 0.191. The Labute approximate surface area is 122 Å². The normalized spacial score (nSPS) is 12.1. The molecule has 0 bridgehead atoms. The second kappa shape index (κ2) is 6.09. The molecule has 0 aliphatic heterocycles. The van der Waals surface area contributed by atoms with Gasteiger partial charge in [-0.05, 0) is 31.5 Å². The lowest BCUT2D eigenvalue weighted by Gasteiger charge is -2.17. The molecule has 1 aromatic heterocycles. The summed E-state index contributed by atoms with van der Waals surface area (Å²) >= 11 is 5.88. The number of hydrogen-bond donors (Lipinski definition) is 1. The number of pyridine rings is 1. The minimum Gasteiger partial charge on any atom is -0.497 e. The van der Waals surface area contributed by atoms with Crippen molar-refractivity contribution in [2.45, 2.75) is 19.9 Å². The van der Waals surface area contributed by atoms with E-state index in [1.54, 1.807) is 18.3 Å². The summed E-state index contributed by atoms with van der Waals surface area (Å²) in [5, 5.41) is 3.67. The first-order chi connectivity index (χ1) is 9.51. The topological polar surface area (TPSA) is 34.1 Å². The Morgan fingerprint density at radius 1 is 1.35 bits per heavy atom. The van der Waals surface area contributed by atoms with E-state index in [0.29, 0.717) is 16.5 Å². The highest BCUT2D eigenvalue weighted by molar-refractivity contribution is 6.30. The Hall–Kier alpha value is -1.81. The van der Waals surface area contributed by atoms with Gasteiger partial charge in [0.05, 0.1) is 25.0 Å². The highest BCUT2D eigenvalue weighted by atomic mass is 35.5. The molecule has 0 spiro atoms. The quantitative estimate of drug-likeness (QED) is 0.851. The Morgan fingerprint density at radius 3 is 2.70 bits per heavy atom. The minimum atomic E-state index is -0.303. The van der Waals surface area contributed by atoms with Crippen molar-refractivity contribution >= 4 is 17.3 Å². The van der Waals surface area contributed by atoms with Gasteiger partial charge in [-0.3, -0.25) is 0 Å². The summed E-state index contributed by atoms with van der Waals surface area (Å²) in [6.45, 7) is 3.76. The summed E-state index contributed by atoms with van der Waals surface area (Å²) in [5.74, 6) is 0.199. The number of methoxy groups -OCH3 is 1. The zero-order valence-electron chi connectivity index (χ0n) is 11.6. The molecule has 2 rings (SSSR count). The molecule has 1 heterocycles. The van der Waals surface area contributed by atoms with Crippen molar-refractivity contribution in [2.24, 2.45) is 0 Å². The van der Waals surface area contributed by atoms with Crippen molar-refractivity contribution in [3.63, 3.8) is 0 Å². The van der Waals surface area contributed by atoms with Gasteiger partial charge in [-0.1, -0.05) is 17.7 Å². The lowest BCUT2D eigenvalue weighted by molar-refractivity contribution is 0.410. The van der Waals surface area contributed by atoms with Crippen molar-refractivity contribution in [3.8, 4) is 5.75 Å². The molecular formula is C15H16ClFN2O. The van der Waals surface area contributed by atoms with Gasteiger partial charge in [-0.15, -0.1) is 0 Å². The van der Waals surface area contributed by atoms with Gasteiger partial charge in [0.2, 0.25) is 0 Å². The van der Waals surface area contributed by atoms with E-state index in [2.05, 4.69) is 10.3 Å². The predicted molar refractivity (Wildman–Crippen MR) is 79.0 cm³/mol. The van der Waals surface area contributed by atoms with Crippen LogP contribution in [0.4, 0.5) is 10.1 Å². The van der Waals surface area contributed by atoms with Crippen LogP contribution in [-0.2, 0) is 0 Å². The molecule has 0 amide bonds. The Bertz CT molecular complexity index is 619. The summed E-state index contributed by atoms with van der Waals surface area (Å²) < 4.78 is 19.0. The third-order valence-electron chi connectivity index (χ3n) is 3.07. The van der Waals surface area contributed by atoms with E-state index in [9.17, 15) is 4.39 Å². The number of benzene rings is 1. The number of aryl methyl sites for hydroxylation is 1. The van der Waals surface area contributed by atoms with Crippen molar-refractivity contribution in [3.05, 3.63) is 52.6 Å². The smallest absolute Gasteiger partial charge is 0.132 e. The molecule has 1 aromatic carbocycles. The average molecular weight is 295 g/mol. The van der Waals surface area contributed by atoms with Gasteiger partial charge in [0.25, 0.3) is 0 Å². The van der Waals surface area contributed by atoms with Crippen LogP contribution in [0, 0.1) is 12.7 Å². The van der Waals surface area contributed by atoms with E-state index < -0.39 is 0 Å². The molecule has 106 valence electrons. The van der Waals surface area contributed by atoms with Gasteiger partial charge >= 0.3 is 0 Å². The summed E-state index contributed by atoms with van der Waals surface area (Å²) in [5.41, 5.74) is 2.24. The number of nitrogens with zero attached hydrogens (tertiary/aromatic N) is 1. The lowest BCUT2D eigenvalue weighted by Crippen LogP contribution is -2.09. The van der Waals surface area contributed by atoms with Gasteiger partial charge in [0.1, 0.15) is 16.7 Å². The fourth-order valence-electron chi connectivity index (χ4n) is 1.95. The van der Waals surface area contributed by atoms with Gasteiger partial charge in [0, 0.05) is 11.6 Å². The van der Waals surface area contributed by atoms with Crippen molar-refractivity contribution in [2.75, 3.05) is 12.4 Å². The molecule has 0 radical (unpaired) electrons. The molecule has 0 aliphatic rings. The van der Waals surface area contributed by atoms with Gasteiger partial charge in [-0.2, -0.15) is 0 Å². The molecule has 0 fully saturated rings. The average Bonchev–Trinajstić information content (AvgIpc) is 2.42. The monoisotopic (exact) mass is 294 g/mol. The second-order valence-electron chi connectivity index (χ2n) is 4.59. The van der Waals surface area contributed by atoms with E-state index in [4.69, 9.17) is 16.3 Å². The van der Waals surface area contributed by atoms with Crippen LogP contribution in [0.3, 0.4) is 0 Å². The van der Waals surface area contributed by atoms with Crippen LogP contribution in [0.15, 0.2) is 30.5 Å². The standard InChI is InChI=1S/C15H16ClFN2O/c1-9-6-11(8-18-15(9)16)19-10(2)13-5-4-12(20-3)7-14(13)17/h4-8,10,19H,1-3H3. The van der Waals surface area contributed by atoms with Crippen molar-refractivity contribution in [1.82, 2.24) is 4.98 Å². The van der Waals surface area contributed by atoms with E-state index in [0.717, 1.165) is 11.3 Å².